The van der Waals surface area contributed by atoms with E-state index in [9.17, 15) is 4.79 Å². The number of carbonyl (C=O) groups is 1. The first kappa shape index (κ1) is 15.8. The Morgan fingerprint density at radius 1 is 1.29 bits per heavy atom. The molecule has 1 aromatic heterocycles. The number of hydrogen-bond acceptors (Lipinski definition) is 4. The molecule has 0 atom stereocenters. The molecule has 6 heteroatoms. The predicted molar refractivity (Wildman–Crippen MR) is 83.4 cm³/mol. The van der Waals surface area contributed by atoms with Gasteiger partial charge >= 0.3 is 5.97 Å². The minimum absolute atomic E-state index is 0.0940. The molecule has 0 aliphatic rings. The number of aryl methyl sites for hydroxylation is 1. The van der Waals surface area contributed by atoms with Gasteiger partial charge in [0.15, 0.2) is 0 Å². The molecule has 2 aromatic rings. The Labute approximate surface area is 132 Å². The van der Waals surface area contributed by atoms with E-state index in [0.717, 1.165) is 21.4 Å². The molecule has 110 valence electrons. The molecule has 21 heavy (non-hydrogen) atoms. The maximum Gasteiger partial charge on any atom is 0.337 e. The molecule has 0 aliphatic carbocycles. The van der Waals surface area contributed by atoms with Crippen molar-refractivity contribution in [2.45, 2.75) is 36.6 Å². The molecule has 0 fully saturated rings. The fraction of sp³-hybridized carbons (Fsp3) is 0.267. The summed E-state index contributed by atoms with van der Waals surface area (Å²) in [6, 6.07) is 6.81. The summed E-state index contributed by atoms with van der Waals surface area (Å²) in [6.45, 7) is 5.99. The Hall–Kier alpha value is -1.59. The Bertz CT molecular complexity index is 689. The molecule has 1 aromatic carbocycles. The van der Waals surface area contributed by atoms with Crippen molar-refractivity contribution in [2.24, 2.45) is 0 Å². The van der Waals surface area contributed by atoms with Crippen molar-refractivity contribution in [2.75, 3.05) is 0 Å². The maximum atomic E-state index is 11.1. The second-order valence-electron chi connectivity index (χ2n) is 4.91. The van der Waals surface area contributed by atoms with E-state index >= 15 is 0 Å². The fourth-order valence-electron chi connectivity index (χ4n) is 1.72. The summed E-state index contributed by atoms with van der Waals surface area (Å²) in [5.41, 5.74) is 0.986. The van der Waals surface area contributed by atoms with Crippen molar-refractivity contribution in [3.8, 4) is 0 Å². The average Bonchev–Trinajstić information content (AvgIpc) is 2.40. The van der Waals surface area contributed by atoms with Crippen molar-refractivity contribution in [3.05, 3.63) is 46.4 Å². The molecule has 0 radical (unpaired) electrons. The normalized spacial score (nSPS) is 10.9. The number of halogens is 1. The zero-order valence-electron chi connectivity index (χ0n) is 11.9. The topological polar surface area (TPSA) is 63.1 Å². The highest BCUT2D eigenvalue weighted by molar-refractivity contribution is 7.99. The minimum atomic E-state index is -1.04. The molecule has 0 bridgehead atoms. The summed E-state index contributed by atoms with van der Waals surface area (Å²) in [7, 11) is 0. The number of rotatable bonds is 4. The number of hydrogen-bond donors (Lipinski definition) is 1. The van der Waals surface area contributed by atoms with Gasteiger partial charge in [0.1, 0.15) is 10.9 Å². The van der Waals surface area contributed by atoms with Crippen LogP contribution in [0.1, 0.15) is 41.6 Å². The molecule has 1 heterocycles. The minimum Gasteiger partial charge on any atom is -0.478 e. The van der Waals surface area contributed by atoms with Gasteiger partial charge in [-0.15, -0.1) is 0 Å². The lowest BCUT2D eigenvalue weighted by Gasteiger charge is -2.08. The van der Waals surface area contributed by atoms with Crippen LogP contribution in [0.3, 0.4) is 0 Å². The summed E-state index contributed by atoms with van der Waals surface area (Å²) in [6.07, 6.45) is 0. The molecular weight excluding hydrogens is 308 g/mol. The monoisotopic (exact) mass is 322 g/mol. The lowest BCUT2D eigenvalue weighted by Crippen LogP contribution is -2.00. The van der Waals surface area contributed by atoms with Crippen LogP contribution in [0.4, 0.5) is 0 Å². The zero-order chi connectivity index (χ0) is 15.6. The third kappa shape index (κ3) is 3.95. The van der Waals surface area contributed by atoms with Gasteiger partial charge in [0, 0.05) is 16.5 Å². The molecular formula is C15H15ClN2O2S. The first-order valence-electron chi connectivity index (χ1n) is 6.43. The van der Waals surface area contributed by atoms with Gasteiger partial charge in [0.25, 0.3) is 0 Å². The summed E-state index contributed by atoms with van der Waals surface area (Å²) >= 11 is 7.27. The van der Waals surface area contributed by atoms with E-state index in [-0.39, 0.29) is 16.5 Å². The van der Waals surface area contributed by atoms with Crippen LogP contribution in [0.5, 0.6) is 0 Å². The Morgan fingerprint density at radius 3 is 2.62 bits per heavy atom. The van der Waals surface area contributed by atoms with E-state index < -0.39 is 5.97 Å². The Balaban J connectivity index is 2.34. The molecule has 1 N–H and O–H groups in total. The third-order valence-electron chi connectivity index (χ3n) is 2.76. The maximum absolute atomic E-state index is 11.1. The lowest BCUT2D eigenvalue weighted by molar-refractivity contribution is 0.0697. The van der Waals surface area contributed by atoms with Gasteiger partial charge < -0.3 is 5.11 Å². The standard InChI is InChI=1S/C15H15ClN2O2S/c1-8(2)14-17-9(3)6-13(18-14)21-10-4-5-12(16)11(7-10)15(19)20/h4-8H,1-3H3,(H,19,20). The summed E-state index contributed by atoms with van der Waals surface area (Å²) in [5.74, 6) is -0.0156. The van der Waals surface area contributed by atoms with E-state index in [2.05, 4.69) is 9.97 Å². The Kier molecular flexibility index (Phi) is 4.85. The van der Waals surface area contributed by atoms with Gasteiger partial charge in [-0.1, -0.05) is 37.2 Å². The average molecular weight is 323 g/mol. The molecule has 4 nitrogen and oxygen atoms in total. The van der Waals surface area contributed by atoms with E-state index in [0.29, 0.717) is 0 Å². The van der Waals surface area contributed by atoms with Gasteiger partial charge in [-0.25, -0.2) is 14.8 Å². The predicted octanol–water partition coefficient (Wildman–Crippen LogP) is 4.41. The van der Waals surface area contributed by atoms with Gasteiger partial charge in [0.05, 0.1) is 10.6 Å². The number of nitrogens with zero attached hydrogens (tertiary/aromatic N) is 2. The second kappa shape index (κ2) is 6.45. The van der Waals surface area contributed by atoms with Crippen molar-refractivity contribution in [1.82, 2.24) is 9.97 Å². The van der Waals surface area contributed by atoms with Gasteiger partial charge in [0.2, 0.25) is 0 Å². The van der Waals surface area contributed by atoms with Gasteiger partial charge in [-0.3, -0.25) is 0 Å². The quantitative estimate of drug-likeness (QED) is 0.845. The molecule has 2 rings (SSSR count). The molecule has 0 unspecified atom stereocenters. The first-order chi connectivity index (χ1) is 9.86. The molecule has 0 spiro atoms. The van der Waals surface area contributed by atoms with Crippen LogP contribution in [-0.4, -0.2) is 21.0 Å². The van der Waals surface area contributed by atoms with Crippen LogP contribution in [0.25, 0.3) is 0 Å². The van der Waals surface area contributed by atoms with Crippen LogP contribution in [-0.2, 0) is 0 Å². The van der Waals surface area contributed by atoms with Crippen molar-refractivity contribution < 1.29 is 9.90 Å². The molecule has 0 saturated carbocycles. The van der Waals surface area contributed by atoms with Crippen LogP contribution in [0.2, 0.25) is 5.02 Å². The smallest absolute Gasteiger partial charge is 0.337 e. The van der Waals surface area contributed by atoms with Gasteiger partial charge in [-0.05, 0) is 31.2 Å². The highest BCUT2D eigenvalue weighted by Gasteiger charge is 2.12. The van der Waals surface area contributed by atoms with E-state index in [4.69, 9.17) is 16.7 Å². The van der Waals surface area contributed by atoms with Crippen LogP contribution >= 0.6 is 23.4 Å². The largest absolute Gasteiger partial charge is 0.478 e. The summed E-state index contributed by atoms with van der Waals surface area (Å²) in [5, 5.41) is 10.1. The third-order valence-corrected chi connectivity index (χ3v) is 3.99. The first-order valence-corrected chi connectivity index (χ1v) is 7.62. The molecule has 0 aliphatic heterocycles. The van der Waals surface area contributed by atoms with E-state index in [1.807, 2.05) is 26.8 Å². The van der Waals surface area contributed by atoms with Crippen LogP contribution in [0, 0.1) is 6.92 Å². The molecule has 0 saturated heterocycles. The number of aromatic nitrogens is 2. The zero-order valence-corrected chi connectivity index (χ0v) is 13.5. The number of aromatic carboxylic acids is 1. The number of carboxylic acids is 1. The van der Waals surface area contributed by atoms with Crippen molar-refractivity contribution in [1.29, 1.82) is 0 Å². The van der Waals surface area contributed by atoms with Gasteiger partial charge in [-0.2, -0.15) is 0 Å². The van der Waals surface area contributed by atoms with Crippen LogP contribution in [0.15, 0.2) is 34.2 Å². The summed E-state index contributed by atoms with van der Waals surface area (Å²) in [4.78, 5) is 20.8. The van der Waals surface area contributed by atoms with Crippen LogP contribution < -0.4 is 0 Å². The fourth-order valence-corrected chi connectivity index (χ4v) is 2.85. The van der Waals surface area contributed by atoms with Crippen molar-refractivity contribution >= 4 is 29.3 Å². The SMILES string of the molecule is Cc1cc(Sc2ccc(Cl)c(C(=O)O)c2)nc(C(C)C)n1. The number of carboxylic acid groups (broad SMARTS) is 1. The summed E-state index contributed by atoms with van der Waals surface area (Å²) < 4.78 is 0. The number of benzene rings is 1. The lowest BCUT2D eigenvalue weighted by atomic mass is 10.2. The van der Waals surface area contributed by atoms with E-state index in [1.54, 1.807) is 18.2 Å². The molecule has 0 amide bonds. The van der Waals surface area contributed by atoms with Crippen molar-refractivity contribution in [3.63, 3.8) is 0 Å². The highest BCUT2D eigenvalue weighted by atomic mass is 35.5. The Morgan fingerprint density at radius 2 is 2.00 bits per heavy atom. The highest BCUT2D eigenvalue weighted by Crippen LogP contribution is 2.30. The van der Waals surface area contributed by atoms with E-state index in [1.165, 1.54) is 11.8 Å². The second-order valence-corrected chi connectivity index (χ2v) is 6.41.